The van der Waals surface area contributed by atoms with E-state index in [1.54, 1.807) is 67.0 Å². The molecule has 27 heavy (non-hydrogen) atoms. The van der Waals surface area contributed by atoms with E-state index in [0.717, 1.165) is 11.1 Å². The zero-order valence-electron chi connectivity index (χ0n) is 14.9. The lowest BCUT2D eigenvalue weighted by Gasteiger charge is -2.10. The lowest BCUT2D eigenvalue weighted by Crippen LogP contribution is -2.14. The van der Waals surface area contributed by atoms with Crippen molar-refractivity contribution in [1.82, 2.24) is 4.98 Å². The summed E-state index contributed by atoms with van der Waals surface area (Å²) in [5, 5.41) is 2.75. The molecule has 0 saturated carbocycles. The van der Waals surface area contributed by atoms with Gasteiger partial charge in [0.2, 0.25) is 0 Å². The molecule has 7 heteroatoms. The Bertz CT molecular complexity index is 1060. The van der Waals surface area contributed by atoms with Crippen molar-refractivity contribution in [3.8, 4) is 0 Å². The summed E-state index contributed by atoms with van der Waals surface area (Å²) < 4.78 is 27.6. The highest BCUT2D eigenvalue weighted by molar-refractivity contribution is 7.92. The summed E-state index contributed by atoms with van der Waals surface area (Å²) in [6.45, 7) is 3.79. The number of rotatable bonds is 5. The van der Waals surface area contributed by atoms with Crippen molar-refractivity contribution in [3.63, 3.8) is 0 Å². The highest BCUT2D eigenvalue weighted by Crippen LogP contribution is 2.19. The van der Waals surface area contributed by atoms with Crippen LogP contribution in [-0.2, 0) is 10.0 Å². The van der Waals surface area contributed by atoms with Gasteiger partial charge in [0.25, 0.3) is 15.9 Å². The molecular formula is C20H19N3O3S. The largest absolute Gasteiger partial charge is 0.322 e. The molecular weight excluding hydrogens is 362 g/mol. The summed E-state index contributed by atoms with van der Waals surface area (Å²) in [6.07, 6.45) is 3.17. The Morgan fingerprint density at radius 3 is 2.15 bits per heavy atom. The summed E-state index contributed by atoms with van der Waals surface area (Å²) in [5.41, 5.74) is 3.36. The molecule has 6 nitrogen and oxygen atoms in total. The lowest BCUT2D eigenvalue weighted by atomic mass is 10.1. The van der Waals surface area contributed by atoms with Crippen molar-refractivity contribution >= 4 is 27.3 Å². The molecule has 3 aromatic rings. The van der Waals surface area contributed by atoms with Crippen LogP contribution in [0.2, 0.25) is 0 Å². The Hall–Kier alpha value is -3.19. The second-order valence-corrected chi connectivity index (χ2v) is 7.80. The van der Waals surface area contributed by atoms with E-state index in [0.29, 0.717) is 16.9 Å². The van der Waals surface area contributed by atoms with E-state index in [1.165, 1.54) is 0 Å². The van der Waals surface area contributed by atoms with Gasteiger partial charge in [-0.05, 0) is 73.5 Å². The van der Waals surface area contributed by atoms with Crippen LogP contribution in [0.4, 0.5) is 11.4 Å². The molecule has 1 amide bonds. The minimum atomic E-state index is -3.69. The number of aryl methyl sites for hydroxylation is 2. The molecule has 0 fully saturated rings. The number of nitrogens with zero attached hydrogens (tertiary/aromatic N) is 1. The maximum Gasteiger partial charge on any atom is 0.261 e. The third kappa shape index (κ3) is 4.51. The molecule has 0 aliphatic carbocycles. The number of carbonyl (C=O) groups excluding carboxylic acids is 1. The number of nitrogens with one attached hydrogen (secondary N) is 2. The molecule has 0 bridgehead atoms. The number of carbonyl (C=O) groups is 1. The first-order valence-corrected chi connectivity index (χ1v) is 9.75. The van der Waals surface area contributed by atoms with Crippen LogP contribution in [0.25, 0.3) is 0 Å². The third-order valence-corrected chi connectivity index (χ3v) is 5.51. The number of amides is 1. The van der Waals surface area contributed by atoms with E-state index in [2.05, 4.69) is 15.0 Å². The van der Waals surface area contributed by atoms with Crippen LogP contribution in [0.5, 0.6) is 0 Å². The van der Waals surface area contributed by atoms with E-state index in [4.69, 9.17) is 0 Å². The highest BCUT2D eigenvalue weighted by atomic mass is 32.2. The van der Waals surface area contributed by atoms with E-state index >= 15 is 0 Å². The van der Waals surface area contributed by atoms with Gasteiger partial charge in [-0.3, -0.25) is 14.5 Å². The van der Waals surface area contributed by atoms with Gasteiger partial charge >= 0.3 is 0 Å². The Morgan fingerprint density at radius 2 is 1.52 bits per heavy atom. The second kappa shape index (κ2) is 7.59. The molecule has 1 heterocycles. The zero-order chi connectivity index (χ0) is 19.4. The van der Waals surface area contributed by atoms with E-state index in [1.807, 2.05) is 13.8 Å². The molecule has 0 radical (unpaired) electrons. The Labute approximate surface area is 158 Å². The Kier molecular flexibility index (Phi) is 5.23. The van der Waals surface area contributed by atoms with Crippen molar-refractivity contribution in [3.05, 3.63) is 83.7 Å². The molecule has 1 aromatic heterocycles. The molecule has 138 valence electrons. The van der Waals surface area contributed by atoms with Gasteiger partial charge in [-0.1, -0.05) is 6.07 Å². The van der Waals surface area contributed by atoms with Crippen molar-refractivity contribution in [2.24, 2.45) is 0 Å². The zero-order valence-corrected chi connectivity index (χ0v) is 15.7. The normalized spacial score (nSPS) is 11.0. The quantitative estimate of drug-likeness (QED) is 0.704. The average Bonchev–Trinajstić information content (AvgIpc) is 2.65. The van der Waals surface area contributed by atoms with Crippen LogP contribution < -0.4 is 10.0 Å². The van der Waals surface area contributed by atoms with Gasteiger partial charge in [0.05, 0.1) is 4.90 Å². The monoisotopic (exact) mass is 381 g/mol. The standard InChI is InChI=1S/C20H19N3O3S/c1-14-3-8-19(13-15(14)2)27(25,26)23-18-6-4-16(5-7-18)20(24)22-17-9-11-21-12-10-17/h3-13,23H,1-2H3,(H,21,22,24). The molecule has 0 aliphatic rings. The first-order valence-electron chi connectivity index (χ1n) is 8.27. The summed E-state index contributed by atoms with van der Waals surface area (Å²) in [6, 6.07) is 14.6. The molecule has 0 spiro atoms. The molecule has 0 saturated heterocycles. The summed E-state index contributed by atoms with van der Waals surface area (Å²) in [4.78, 5) is 16.3. The first kappa shape index (κ1) is 18.6. The SMILES string of the molecule is Cc1ccc(S(=O)(=O)Nc2ccc(C(=O)Nc3ccncc3)cc2)cc1C. The number of benzene rings is 2. The maximum absolute atomic E-state index is 12.5. The smallest absolute Gasteiger partial charge is 0.261 e. The predicted molar refractivity (Wildman–Crippen MR) is 105 cm³/mol. The summed E-state index contributed by atoms with van der Waals surface area (Å²) in [7, 11) is -3.69. The number of hydrogen-bond donors (Lipinski definition) is 2. The molecule has 3 rings (SSSR count). The summed E-state index contributed by atoms with van der Waals surface area (Å²) in [5.74, 6) is -0.287. The van der Waals surface area contributed by atoms with Gasteiger partial charge in [-0.2, -0.15) is 0 Å². The molecule has 2 N–H and O–H groups in total. The molecule has 0 aliphatic heterocycles. The Balaban J connectivity index is 1.73. The first-order chi connectivity index (χ1) is 12.8. The van der Waals surface area contributed by atoms with Crippen LogP contribution >= 0.6 is 0 Å². The molecule has 0 unspecified atom stereocenters. The van der Waals surface area contributed by atoms with Crippen molar-refractivity contribution in [2.75, 3.05) is 10.0 Å². The molecule has 0 atom stereocenters. The number of hydrogen-bond acceptors (Lipinski definition) is 4. The number of anilines is 2. The minimum Gasteiger partial charge on any atom is -0.322 e. The summed E-state index contributed by atoms with van der Waals surface area (Å²) >= 11 is 0. The number of pyridine rings is 1. The fourth-order valence-corrected chi connectivity index (χ4v) is 3.57. The average molecular weight is 381 g/mol. The van der Waals surface area contributed by atoms with Gasteiger partial charge in [-0.25, -0.2) is 8.42 Å². The van der Waals surface area contributed by atoms with E-state index < -0.39 is 10.0 Å². The van der Waals surface area contributed by atoms with Crippen LogP contribution in [-0.4, -0.2) is 19.3 Å². The minimum absolute atomic E-state index is 0.199. The third-order valence-electron chi connectivity index (χ3n) is 4.13. The fraction of sp³-hybridized carbons (Fsp3) is 0.100. The van der Waals surface area contributed by atoms with Crippen molar-refractivity contribution in [1.29, 1.82) is 0 Å². The van der Waals surface area contributed by atoms with Gasteiger partial charge < -0.3 is 5.32 Å². The van der Waals surface area contributed by atoms with Crippen LogP contribution in [0.3, 0.4) is 0 Å². The fourth-order valence-electron chi connectivity index (χ4n) is 2.42. The maximum atomic E-state index is 12.5. The predicted octanol–water partition coefficient (Wildman–Crippen LogP) is 3.75. The van der Waals surface area contributed by atoms with Gasteiger partial charge in [0.1, 0.15) is 0 Å². The van der Waals surface area contributed by atoms with Gasteiger partial charge in [-0.15, -0.1) is 0 Å². The van der Waals surface area contributed by atoms with E-state index in [-0.39, 0.29) is 10.8 Å². The number of sulfonamides is 1. The highest BCUT2D eigenvalue weighted by Gasteiger charge is 2.15. The topological polar surface area (TPSA) is 88.2 Å². The molecule has 2 aromatic carbocycles. The number of aromatic nitrogens is 1. The lowest BCUT2D eigenvalue weighted by molar-refractivity contribution is 0.102. The van der Waals surface area contributed by atoms with Crippen LogP contribution in [0.1, 0.15) is 21.5 Å². The Morgan fingerprint density at radius 1 is 0.852 bits per heavy atom. The van der Waals surface area contributed by atoms with Gasteiger partial charge in [0, 0.05) is 29.3 Å². The van der Waals surface area contributed by atoms with Crippen molar-refractivity contribution < 1.29 is 13.2 Å². The van der Waals surface area contributed by atoms with Crippen molar-refractivity contribution in [2.45, 2.75) is 18.7 Å². The second-order valence-electron chi connectivity index (χ2n) is 6.12. The van der Waals surface area contributed by atoms with Crippen LogP contribution in [0.15, 0.2) is 71.9 Å². The van der Waals surface area contributed by atoms with E-state index in [9.17, 15) is 13.2 Å². The van der Waals surface area contributed by atoms with Crippen LogP contribution in [0, 0.1) is 13.8 Å². The van der Waals surface area contributed by atoms with Gasteiger partial charge in [0.15, 0.2) is 0 Å².